The van der Waals surface area contributed by atoms with Crippen LogP contribution in [-0.4, -0.2) is 14.5 Å². The highest BCUT2D eigenvalue weighted by Crippen LogP contribution is 2.46. The molecule has 0 atom stereocenters. The van der Waals surface area contributed by atoms with E-state index >= 15 is 0 Å². The summed E-state index contributed by atoms with van der Waals surface area (Å²) in [5, 5.41) is 9.42. The molecule has 0 fully saturated rings. The van der Waals surface area contributed by atoms with Crippen molar-refractivity contribution >= 4 is 97.1 Å². The minimum atomic E-state index is 0.846. The number of pyridine rings is 2. The lowest BCUT2D eigenvalue weighted by atomic mass is 9.92. The summed E-state index contributed by atoms with van der Waals surface area (Å²) in [6, 6.07) is 63.0. The summed E-state index contributed by atoms with van der Waals surface area (Å²) >= 11 is 1.88. The maximum absolute atomic E-state index is 6.96. The highest BCUT2D eigenvalue weighted by atomic mass is 32.1. The van der Waals surface area contributed by atoms with Crippen molar-refractivity contribution in [3.8, 4) is 39.1 Å². The van der Waals surface area contributed by atoms with Gasteiger partial charge in [-0.1, -0.05) is 103 Å². The highest BCUT2D eigenvalue weighted by Gasteiger charge is 2.21. The number of furan rings is 1. The molecule has 13 aromatic rings. The molecule has 0 saturated heterocycles. The van der Waals surface area contributed by atoms with E-state index in [0.29, 0.717) is 0 Å². The molecule has 5 heteroatoms. The summed E-state index contributed by atoms with van der Waals surface area (Å²) in [7, 11) is 0. The normalized spacial score (nSPS) is 12.1. The molecule has 5 heterocycles. The van der Waals surface area contributed by atoms with Gasteiger partial charge in [0.1, 0.15) is 11.2 Å². The third-order valence-electron chi connectivity index (χ3n) is 12.1. The molecular formula is C54H31N3OS. The van der Waals surface area contributed by atoms with Crippen molar-refractivity contribution in [2.45, 2.75) is 0 Å². The number of hydrogen-bond acceptors (Lipinski definition) is 4. The molecule has 0 saturated carbocycles. The first-order valence-corrected chi connectivity index (χ1v) is 20.7. The molecule has 0 bridgehead atoms. The van der Waals surface area contributed by atoms with Crippen molar-refractivity contribution in [3.63, 3.8) is 0 Å². The fourth-order valence-corrected chi connectivity index (χ4v) is 10.7. The van der Waals surface area contributed by atoms with Gasteiger partial charge in [0, 0.05) is 82.2 Å². The van der Waals surface area contributed by atoms with Crippen LogP contribution < -0.4 is 0 Å². The van der Waals surface area contributed by atoms with Crippen LogP contribution in [0.25, 0.3) is 125 Å². The summed E-state index contributed by atoms with van der Waals surface area (Å²) in [6.07, 6.45) is 3.89. The van der Waals surface area contributed by atoms with E-state index in [2.05, 4.69) is 174 Å². The Labute approximate surface area is 341 Å². The van der Waals surface area contributed by atoms with Crippen molar-refractivity contribution in [2.24, 2.45) is 0 Å². The fourth-order valence-electron chi connectivity index (χ4n) is 9.40. The first kappa shape index (κ1) is 32.5. The Morgan fingerprint density at radius 3 is 2.05 bits per heavy atom. The van der Waals surface area contributed by atoms with Crippen LogP contribution in [0.3, 0.4) is 0 Å². The number of thiophene rings is 1. The van der Waals surface area contributed by atoms with E-state index < -0.39 is 0 Å². The Balaban J connectivity index is 1.06. The van der Waals surface area contributed by atoms with E-state index in [0.717, 1.165) is 82.8 Å². The number of para-hydroxylation sites is 1. The lowest BCUT2D eigenvalue weighted by molar-refractivity contribution is 0.669. The molecular weight excluding hydrogens is 739 g/mol. The largest absolute Gasteiger partial charge is 0.456 e. The van der Waals surface area contributed by atoms with Crippen molar-refractivity contribution < 1.29 is 4.42 Å². The van der Waals surface area contributed by atoms with E-state index in [4.69, 9.17) is 14.4 Å². The van der Waals surface area contributed by atoms with Crippen molar-refractivity contribution in [1.82, 2.24) is 14.5 Å². The molecule has 8 aromatic carbocycles. The number of aromatic nitrogens is 3. The molecule has 0 spiro atoms. The molecule has 0 amide bonds. The second-order valence-corrected chi connectivity index (χ2v) is 16.4. The predicted molar refractivity (Wildman–Crippen MR) is 248 cm³/mol. The molecule has 0 radical (unpaired) electrons. The first-order valence-electron chi connectivity index (χ1n) is 19.9. The standard InChI is InChI=1S/C54H31N3OS/c1-3-11-32(12-4-1)34-27-43(37-25-26-55-53-39(37)21-23-45-44(53)28-35(31-56-45)33-13-5-2-6-14-33)51-42-20-19-36(30-48(42)58-49(51)29-34)57-46-17-9-7-16-41(46)52-47(57)24-22-40-38-15-8-10-18-50(38)59-54(40)52/h1-31H. The van der Waals surface area contributed by atoms with Crippen LogP contribution in [0.1, 0.15) is 0 Å². The monoisotopic (exact) mass is 769 g/mol. The van der Waals surface area contributed by atoms with Gasteiger partial charge in [0.2, 0.25) is 0 Å². The Morgan fingerprint density at radius 1 is 0.441 bits per heavy atom. The molecule has 4 nitrogen and oxygen atoms in total. The Morgan fingerprint density at radius 2 is 1.19 bits per heavy atom. The topological polar surface area (TPSA) is 43.9 Å². The van der Waals surface area contributed by atoms with Gasteiger partial charge in [-0.15, -0.1) is 11.3 Å². The lowest BCUT2D eigenvalue weighted by Crippen LogP contribution is -1.93. The Hall–Kier alpha value is -7.60. The van der Waals surface area contributed by atoms with Gasteiger partial charge in [-0.25, -0.2) is 0 Å². The predicted octanol–water partition coefficient (Wildman–Crippen LogP) is 15.1. The quantitative estimate of drug-likeness (QED) is 0.167. The van der Waals surface area contributed by atoms with E-state index in [1.165, 1.54) is 42.0 Å². The van der Waals surface area contributed by atoms with Gasteiger partial charge >= 0.3 is 0 Å². The molecule has 0 unspecified atom stereocenters. The zero-order valence-corrected chi connectivity index (χ0v) is 32.4. The van der Waals surface area contributed by atoms with Crippen LogP contribution in [0.5, 0.6) is 0 Å². The molecule has 13 rings (SSSR count). The third-order valence-corrected chi connectivity index (χ3v) is 13.3. The average Bonchev–Trinajstić information content (AvgIpc) is 3.98. The van der Waals surface area contributed by atoms with Gasteiger partial charge in [-0.05, 0) is 94.5 Å². The third kappa shape index (κ3) is 4.83. The van der Waals surface area contributed by atoms with Crippen LogP contribution in [0.2, 0.25) is 0 Å². The van der Waals surface area contributed by atoms with Crippen LogP contribution in [0.4, 0.5) is 0 Å². The zero-order chi connectivity index (χ0) is 38.6. The van der Waals surface area contributed by atoms with E-state index in [-0.39, 0.29) is 0 Å². The van der Waals surface area contributed by atoms with Gasteiger partial charge in [0.05, 0.1) is 22.1 Å². The molecule has 59 heavy (non-hydrogen) atoms. The Kier molecular flexibility index (Phi) is 6.85. The molecule has 0 aliphatic carbocycles. The zero-order valence-electron chi connectivity index (χ0n) is 31.6. The molecule has 0 aliphatic heterocycles. The SMILES string of the molecule is c1ccc(-c2cc(-c3ccnc4c3ccc3ncc(-c5ccccc5)cc34)c3c(c2)oc2cc(-n4c5ccccc5c5c6sc7ccccc7c6ccc54)ccc23)cc1. The van der Waals surface area contributed by atoms with Crippen LogP contribution in [-0.2, 0) is 0 Å². The number of hydrogen-bond donors (Lipinski definition) is 0. The molecule has 0 N–H and O–H groups in total. The summed E-state index contributed by atoms with van der Waals surface area (Å²) in [6.45, 7) is 0. The van der Waals surface area contributed by atoms with E-state index in [1.54, 1.807) is 0 Å². The van der Waals surface area contributed by atoms with Crippen LogP contribution >= 0.6 is 11.3 Å². The summed E-state index contributed by atoms with van der Waals surface area (Å²) < 4.78 is 12.0. The van der Waals surface area contributed by atoms with Gasteiger partial charge in [-0.3, -0.25) is 9.97 Å². The van der Waals surface area contributed by atoms with Gasteiger partial charge in [-0.2, -0.15) is 0 Å². The summed E-state index contributed by atoms with van der Waals surface area (Å²) in [5.41, 5.74) is 13.6. The van der Waals surface area contributed by atoms with Crippen molar-refractivity contribution in [3.05, 3.63) is 188 Å². The summed E-state index contributed by atoms with van der Waals surface area (Å²) in [5.74, 6) is 0. The van der Waals surface area contributed by atoms with Crippen molar-refractivity contribution in [1.29, 1.82) is 0 Å². The second-order valence-electron chi connectivity index (χ2n) is 15.3. The van der Waals surface area contributed by atoms with Crippen molar-refractivity contribution in [2.75, 3.05) is 0 Å². The number of rotatable bonds is 4. The average molecular weight is 770 g/mol. The minimum Gasteiger partial charge on any atom is -0.456 e. The minimum absolute atomic E-state index is 0.846. The maximum atomic E-state index is 6.96. The first-order chi connectivity index (χ1) is 29.2. The Bertz CT molecular complexity index is 3840. The highest BCUT2D eigenvalue weighted by molar-refractivity contribution is 7.26. The van der Waals surface area contributed by atoms with Gasteiger partial charge in [0.15, 0.2) is 0 Å². The number of fused-ring (bicyclic) bond motifs is 13. The van der Waals surface area contributed by atoms with E-state index in [9.17, 15) is 0 Å². The second kappa shape index (κ2) is 12.4. The maximum Gasteiger partial charge on any atom is 0.137 e. The van der Waals surface area contributed by atoms with Crippen LogP contribution in [0, 0.1) is 0 Å². The van der Waals surface area contributed by atoms with Gasteiger partial charge in [0.25, 0.3) is 0 Å². The van der Waals surface area contributed by atoms with Gasteiger partial charge < -0.3 is 8.98 Å². The summed E-state index contributed by atoms with van der Waals surface area (Å²) in [4.78, 5) is 9.88. The number of nitrogens with zero attached hydrogens (tertiary/aromatic N) is 3. The lowest BCUT2D eigenvalue weighted by Gasteiger charge is -2.13. The number of benzene rings is 8. The fraction of sp³-hybridized carbons (Fsp3) is 0. The van der Waals surface area contributed by atoms with Crippen LogP contribution in [0.15, 0.2) is 193 Å². The molecule has 5 aromatic heterocycles. The molecule has 0 aliphatic rings. The smallest absolute Gasteiger partial charge is 0.137 e. The van der Waals surface area contributed by atoms with E-state index in [1.807, 2.05) is 29.8 Å². The molecule has 274 valence electrons.